The van der Waals surface area contributed by atoms with Crippen molar-refractivity contribution < 1.29 is 0 Å². The van der Waals surface area contributed by atoms with Crippen molar-refractivity contribution in [2.24, 2.45) is 0 Å². The zero-order valence-corrected chi connectivity index (χ0v) is 14.9. The summed E-state index contributed by atoms with van der Waals surface area (Å²) in [5, 5.41) is 0. The van der Waals surface area contributed by atoms with E-state index in [0.29, 0.717) is 0 Å². The van der Waals surface area contributed by atoms with Gasteiger partial charge in [0.15, 0.2) is 0 Å². The highest BCUT2D eigenvalue weighted by Gasteiger charge is 2.07. The van der Waals surface area contributed by atoms with Gasteiger partial charge in [0, 0.05) is 11.5 Å². The number of rotatable bonds is 4. The molecule has 21 heavy (non-hydrogen) atoms. The van der Waals surface area contributed by atoms with Crippen LogP contribution in [-0.4, -0.2) is 0 Å². The molecule has 0 aliphatic rings. The average molecular weight is 298 g/mol. The largest absolute Gasteiger partial charge is 0.152 e. The fourth-order valence-electron chi connectivity index (χ4n) is 3.13. The summed E-state index contributed by atoms with van der Waals surface area (Å²) in [4.78, 5) is 0. The van der Waals surface area contributed by atoms with Crippen molar-refractivity contribution in [1.82, 2.24) is 0 Å². The third-order valence-corrected chi connectivity index (χ3v) is 5.16. The van der Waals surface area contributed by atoms with Gasteiger partial charge in [0.25, 0.3) is 0 Å². The second kappa shape index (κ2) is 6.70. The van der Waals surface area contributed by atoms with Gasteiger partial charge in [0.1, 0.15) is 0 Å². The van der Waals surface area contributed by atoms with E-state index in [9.17, 15) is 0 Å². The zero-order chi connectivity index (χ0) is 15.6. The topological polar surface area (TPSA) is 0 Å². The molecule has 0 atom stereocenters. The van der Waals surface area contributed by atoms with Crippen molar-refractivity contribution >= 4 is 11.8 Å². The first-order valence-electron chi connectivity index (χ1n) is 7.59. The molecule has 0 saturated carbocycles. The predicted octanol–water partition coefficient (Wildman–Crippen LogP) is 5.97. The maximum Gasteiger partial charge on any atom is 0.0193 e. The van der Waals surface area contributed by atoms with Crippen LogP contribution in [0, 0.1) is 41.5 Å². The molecular formula is C20H26S. The van der Waals surface area contributed by atoms with Crippen LogP contribution in [0.3, 0.4) is 0 Å². The monoisotopic (exact) mass is 298 g/mol. The van der Waals surface area contributed by atoms with Gasteiger partial charge in [-0.15, -0.1) is 0 Å². The molecule has 1 heteroatoms. The molecule has 0 spiro atoms. The van der Waals surface area contributed by atoms with E-state index < -0.39 is 0 Å². The fraction of sp³-hybridized carbons (Fsp3) is 0.400. The van der Waals surface area contributed by atoms with Crippen LogP contribution in [0.4, 0.5) is 0 Å². The molecule has 0 aliphatic heterocycles. The molecule has 0 radical (unpaired) electrons. The highest BCUT2D eigenvalue weighted by atomic mass is 32.2. The van der Waals surface area contributed by atoms with Gasteiger partial charge in [0.2, 0.25) is 0 Å². The van der Waals surface area contributed by atoms with E-state index in [4.69, 9.17) is 0 Å². The molecule has 0 saturated heterocycles. The van der Waals surface area contributed by atoms with E-state index in [1.54, 1.807) is 0 Å². The second-order valence-electron chi connectivity index (χ2n) is 6.25. The Balaban J connectivity index is 2.09. The second-order valence-corrected chi connectivity index (χ2v) is 7.23. The summed E-state index contributed by atoms with van der Waals surface area (Å²) in [6, 6.07) is 9.19. The van der Waals surface area contributed by atoms with Crippen LogP contribution in [0.1, 0.15) is 44.5 Å². The first-order valence-corrected chi connectivity index (χ1v) is 8.75. The van der Waals surface area contributed by atoms with E-state index in [1.165, 1.54) is 44.5 Å². The smallest absolute Gasteiger partial charge is 0.0193 e. The molecule has 2 aromatic carbocycles. The lowest BCUT2D eigenvalue weighted by Crippen LogP contribution is -1.96. The summed E-state index contributed by atoms with van der Waals surface area (Å²) >= 11 is 2.03. The Kier molecular flexibility index (Phi) is 5.16. The van der Waals surface area contributed by atoms with Gasteiger partial charge < -0.3 is 0 Å². The molecule has 0 amide bonds. The average Bonchev–Trinajstić information content (AvgIpc) is 2.34. The lowest BCUT2D eigenvalue weighted by molar-refractivity contribution is 1.19. The molecule has 0 nitrogen and oxygen atoms in total. The minimum Gasteiger partial charge on any atom is -0.152 e. The first-order chi connectivity index (χ1) is 9.88. The van der Waals surface area contributed by atoms with Gasteiger partial charge in [-0.25, -0.2) is 0 Å². The Morgan fingerprint density at radius 3 is 1.14 bits per heavy atom. The molecule has 112 valence electrons. The molecule has 2 rings (SSSR count). The van der Waals surface area contributed by atoms with Crippen molar-refractivity contribution in [2.45, 2.75) is 53.0 Å². The van der Waals surface area contributed by atoms with Gasteiger partial charge in [-0.1, -0.05) is 35.4 Å². The normalized spacial score (nSPS) is 11.0. The lowest BCUT2D eigenvalue weighted by Gasteiger charge is -2.14. The standard InChI is InChI=1S/C20H26S/c1-13-7-15(3)19(16(4)8-13)11-21-12-20-17(5)9-14(2)10-18(20)6/h7-10H,11-12H2,1-6H3. The van der Waals surface area contributed by atoms with Crippen LogP contribution < -0.4 is 0 Å². The minimum atomic E-state index is 1.10. The Labute approximate surface area is 134 Å². The Bertz CT molecular complexity index is 549. The van der Waals surface area contributed by atoms with Gasteiger partial charge in [-0.05, 0) is 74.9 Å². The van der Waals surface area contributed by atoms with Crippen LogP contribution >= 0.6 is 11.8 Å². The quantitative estimate of drug-likeness (QED) is 0.670. The van der Waals surface area contributed by atoms with Gasteiger partial charge in [0.05, 0.1) is 0 Å². The third-order valence-electron chi connectivity index (χ3n) is 4.17. The Hall–Kier alpha value is -1.21. The van der Waals surface area contributed by atoms with Crippen molar-refractivity contribution in [3.63, 3.8) is 0 Å². The summed E-state index contributed by atoms with van der Waals surface area (Å²) in [5.41, 5.74) is 11.5. The molecule has 0 bridgehead atoms. The van der Waals surface area contributed by atoms with E-state index >= 15 is 0 Å². The Morgan fingerprint density at radius 2 is 0.857 bits per heavy atom. The van der Waals surface area contributed by atoms with Crippen molar-refractivity contribution in [1.29, 1.82) is 0 Å². The molecule has 0 fully saturated rings. The van der Waals surface area contributed by atoms with Gasteiger partial charge in [-0.2, -0.15) is 11.8 Å². The van der Waals surface area contributed by atoms with Gasteiger partial charge in [-0.3, -0.25) is 0 Å². The summed E-state index contributed by atoms with van der Waals surface area (Å²) in [6.07, 6.45) is 0. The third kappa shape index (κ3) is 3.91. The first kappa shape index (κ1) is 16.2. The summed E-state index contributed by atoms with van der Waals surface area (Å²) < 4.78 is 0. The highest BCUT2D eigenvalue weighted by Crippen LogP contribution is 2.27. The fourth-order valence-corrected chi connectivity index (χ4v) is 4.55. The number of hydrogen-bond acceptors (Lipinski definition) is 1. The van der Waals surface area contributed by atoms with E-state index in [1.807, 2.05) is 11.8 Å². The number of thioether (sulfide) groups is 1. The predicted molar refractivity (Wildman–Crippen MR) is 96.3 cm³/mol. The summed E-state index contributed by atoms with van der Waals surface area (Å²) in [6.45, 7) is 13.3. The van der Waals surface area contributed by atoms with Crippen molar-refractivity contribution in [3.05, 3.63) is 68.8 Å². The molecule has 0 heterocycles. The minimum absolute atomic E-state index is 1.10. The number of hydrogen-bond donors (Lipinski definition) is 0. The van der Waals surface area contributed by atoms with Crippen LogP contribution in [0.2, 0.25) is 0 Å². The SMILES string of the molecule is Cc1cc(C)c(CSCc2c(C)cc(C)cc2C)c(C)c1. The van der Waals surface area contributed by atoms with Gasteiger partial charge >= 0.3 is 0 Å². The lowest BCUT2D eigenvalue weighted by atomic mass is 10.0. The highest BCUT2D eigenvalue weighted by molar-refractivity contribution is 7.97. The molecular weight excluding hydrogens is 272 g/mol. The van der Waals surface area contributed by atoms with E-state index in [-0.39, 0.29) is 0 Å². The molecule has 0 N–H and O–H groups in total. The van der Waals surface area contributed by atoms with Crippen LogP contribution in [-0.2, 0) is 11.5 Å². The van der Waals surface area contributed by atoms with Crippen molar-refractivity contribution in [2.75, 3.05) is 0 Å². The summed E-state index contributed by atoms with van der Waals surface area (Å²) in [5.74, 6) is 2.20. The Morgan fingerprint density at radius 1 is 0.571 bits per heavy atom. The molecule has 0 aliphatic carbocycles. The zero-order valence-electron chi connectivity index (χ0n) is 14.1. The van der Waals surface area contributed by atoms with Crippen molar-refractivity contribution in [3.8, 4) is 0 Å². The number of benzene rings is 2. The maximum atomic E-state index is 2.30. The summed E-state index contributed by atoms with van der Waals surface area (Å²) in [7, 11) is 0. The molecule has 2 aromatic rings. The van der Waals surface area contributed by atoms with E-state index in [2.05, 4.69) is 65.8 Å². The van der Waals surface area contributed by atoms with Crippen LogP contribution in [0.15, 0.2) is 24.3 Å². The molecule has 0 unspecified atom stereocenters. The van der Waals surface area contributed by atoms with Crippen LogP contribution in [0.25, 0.3) is 0 Å². The maximum absolute atomic E-state index is 2.30. The van der Waals surface area contributed by atoms with Crippen LogP contribution in [0.5, 0.6) is 0 Å². The molecule has 0 aromatic heterocycles. The van der Waals surface area contributed by atoms with E-state index in [0.717, 1.165) is 11.5 Å². The number of aryl methyl sites for hydroxylation is 6.